The lowest BCUT2D eigenvalue weighted by Gasteiger charge is -2.35. The predicted octanol–water partition coefficient (Wildman–Crippen LogP) is 0.795. The lowest BCUT2D eigenvalue weighted by atomic mass is 10.0. The van der Waals surface area contributed by atoms with Crippen molar-refractivity contribution >= 4 is 33.0 Å². The van der Waals surface area contributed by atoms with Gasteiger partial charge in [-0.15, -0.1) is 0 Å². The summed E-state index contributed by atoms with van der Waals surface area (Å²) >= 11 is 0. The van der Waals surface area contributed by atoms with Gasteiger partial charge in [-0.25, -0.2) is 8.42 Å². The Morgan fingerprint density at radius 1 is 1.33 bits per heavy atom. The number of carbonyl (C=O) groups is 2. The van der Waals surface area contributed by atoms with Gasteiger partial charge in [0.05, 0.1) is 28.8 Å². The lowest BCUT2D eigenvalue weighted by molar-refractivity contribution is -0.125. The number of nitrogens with one attached hydrogen (secondary N) is 1. The number of carbonyl (C=O) groups excluding carboxylic acids is 2. The molecule has 2 aliphatic rings. The van der Waals surface area contributed by atoms with Gasteiger partial charge in [-0.3, -0.25) is 14.5 Å². The number of sulfone groups is 1. The smallest absolute Gasteiger partial charge is 0.247 e. The number of hydrogen-bond acceptors (Lipinski definition) is 4. The molecule has 2 heterocycles. The maximum Gasteiger partial charge on any atom is 0.247 e. The molecular formula is C14H16N2O4S. The van der Waals surface area contributed by atoms with Crippen molar-refractivity contribution in [1.29, 1.82) is 0 Å². The fraction of sp³-hybridized carbons (Fsp3) is 0.429. The number of rotatable bonds is 1. The molecule has 2 aliphatic heterocycles. The summed E-state index contributed by atoms with van der Waals surface area (Å²) in [4.78, 5) is 26.1. The molecule has 1 N–H and O–H groups in total. The van der Waals surface area contributed by atoms with E-state index in [1.54, 1.807) is 31.2 Å². The van der Waals surface area contributed by atoms with Gasteiger partial charge in [-0.05, 0) is 25.5 Å². The van der Waals surface area contributed by atoms with Gasteiger partial charge >= 0.3 is 0 Å². The molecule has 0 unspecified atom stereocenters. The van der Waals surface area contributed by atoms with E-state index in [1.807, 2.05) is 0 Å². The van der Waals surface area contributed by atoms with Gasteiger partial charge in [-0.2, -0.15) is 0 Å². The third-order valence-electron chi connectivity index (χ3n) is 4.01. The molecule has 2 atom stereocenters. The zero-order chi connectivity index (χ0) is 15.2. The van der Waals surface area contributed by atoms with Crippen LogP contribution < -0.4 is 10.2 Å². The van der Waals surface area contributed by atoms with E-state index in [1.165, 1.54) is 4.90 Å². The van der Waals surface area contributed by atoms with Gasteiger partial charge < -0.3 is 5.32 Å². The van der Waals surface area contributed by atoms with Crippen molar-refractivity contribution in [2.75, 3.05) is 21.7 Å². The van der Waals surface area contributed by atoms with Crippen LogP contribution in [-0.4, -0.2) is 37.8 Å². The number of amides is 2. The molecule has 0 aromatic heterocycles. The fourth-order valence-corrected chi connectivity index (χ4v) is 4.58. The Balaban J connectivity index is 1.97. The highest BCUT2D eigenvalue weighted by Crippen LogP contribution is 2.34. The minimum Gasteiger partial charge on any atom is -0.322 e. The van der Waals surface area contributed by atoms with Crippen LogP contribution in [0.2, 0.25) is 0 Å². The predicted molar refractivity (Wildman–Crippen MR) is 78.8 cm³/mol. The Labute approximate surface area is 123 Å². The van der Waals surface area contributed by atoms with Crippen LogP contribution >= 0.6 is 0 Å². The second-order valence-corrected chi connectivity index (χ2v) is 7.72. The molecular weight excluding hydrogens is 292 g/mol. The SMILES string of the molecule is C[C@@H]1C(=O)Nc2ccccc2N1C(=O)[C@@H]1CCS(=O)(=O)C1. The van der Waals surface area contributed by atoms with Crippen LogP contribution in [0.1, 0.15) is 13.3 Å². The first-order chi connectivity index (χ1) is 9.89. The van der Waals surface area contributed by atoms with Crippen molar-refractivity contribution in [3.63, 3.8) is 0 Å². The molecule has 21 heavy (non-hydrogen) atoms. The maximum atomic E-state index is 12.7. The zero-order valence-electron chi connectivity index (χ0n) is 11.6. The third kappa shape index (κ3) is 2.42. The average molecular weight is 308 g/mol. The van der Waals surface area contributed by atoms with E-state index in [2.05, 4.69) is 5.32 Å². The Kier molecular flexibility index (Phi) is 3.24. The van der Waals surface area contributed by atoms with Crippen molar-refractivity contribution < 1.29 is 18.0 Å². The highest BCUT2D eigenvalue weighted by atomic mass is 32.2. The average Bonchev–Trinajstić information content (AvgIpc) is 2.80. The van der Waals surface area contributed by atoms with Crippen molar-refractivity contribution in [2.45, 2.75) is 19.4 Å². The number of nitrogens with zero attached hydrogens (tertiary/aromatic N) is 1. The van der Waals surface area contributed by atoms with E-state index >= 15 is 0 Å². The number of fused-ring (bicyclic) bond motifs is 1. The normalized spacial score (nSPS) is 27.1. The minimum atomic E-state index is -3.14. The van der Waals surface area contributed by atoms with Crippen molar-refractivity contribution in [1.82, 2.24) is 0 Å². The zero-order valence-corrected chi connectivity index (χ0v) is 12.4. The monoisotopic (exact) mass is 308 g/mol. The summed E-state index contributed by atoms with van der Waals surface area (Å²) in [5, 5.41) is 2.75. The van der Waals surface area contributed by atoms with Gasteiger partial charge in [-0.1, -0.05) is 12.1 Å². The van der Waals surface area contributed by atoms with Gasteiger partial charge in [0.15, 0.2) is 9.84 Å². The van der Waals surface area contributed by atoms with E-state index in [4.69, 9.17) is 0 Å². The molecule has 1 aromatic carbocycles. The largest absolute Gasteiger partial charge is 0.322 e. The van der Waals surface area contributed by atoms with Crippen molar-refractivity contribution in [2.24, 2.45) is 5.92 Å². The van der Waals surface area contributed by atoms with Crippen LogP contribution in [-0.2, 0) is 19.4 Å². The number of benzene rings is 1. The molecule has 0 radical (unpaired) electrons. The number of para-hydroxylation sites is 2. The van der Waals surface area contributed by atoms with E-state index < -0.39 is 21.8 Å². The first-order valence-corrected chi connectivity index (χ1v) is 8.64. The van der Waals surface area contributed by atoms with Crippen LogP contribution in [0.4, 0.5) is 11.4 Å². The first kappa shape index (κ1) is 14.1. The van der Waals surface area contributed by atoms with Crippen LogP contribution in [0.5, 0.6) is 0 Å². The molecule has 0 aliphatic carbocycles. The molecule has 2 amide bonds. The van der Waals surface area contributed by atoms with Crippen molar-refractivity contribution in [3.8, 4) is 0 Å². The second kappa shape index (κ2) is 4.84. The third-order valence-corrected chi connectivity index (χ3v) is 5.78. The lowest BCUT2D eigenvalue weighted by Crippen LogP contribution is -2.51. The summed E-state index contributed by atoms with van der Waals surface area (Å²) in [6.45, 7) is 1.65. The molecule has 3 rings (SSSR count). The summed E-state index contributed by atoms with van der Waals surface area (Å²) < 4.78 is 23.1. The van der Waals surface area contributed by atoms with Crippen LogP contribution in [0.25, 0.3) is 0 Å². The van der Waals surface area contributed by atoms with Crippen LogP contribution in [0.3, 0.4) is 0 Å². The molecule has 1 aromatic rings. The van der Waals surface area contributed by atoms with Gasteiger partial charge in [0.25, 0.3) is 0 Å². The summed E-state index contributed by atoms with van der Waals surface area (Å²) in [5.74, 6) is -1.19. The highest BCUT2D eigenvalue weighted by molar-refractivity contribution is 7.91. The van der Waals surface area contributed by atoms with Gasteiger partial charge in [0.2, 0.25) is 11.8 Å². The molecule has 0 spiro atoms. The molecule has 0 bridgehead atoms. The van der Waals surface area contributed by atoms with E-state index in [-0.39, 0.29) is 23.3 Å². The molecule has 1 fully saturated rings. The highest BCUT2D eigenvalue weighted by Gasteiger charge is 2.41. The minimum absolute atomic E-state index is 0.0411. The summed E-state index contributed by atoms with van der Waals surface area (Å²) in [5.41, 5.74) is 1.20. The molecule has 6 nitrogen and oxygen atoms in total. The molecule has 112 valence electrons. The van der Waals surface area contributed by atoms with E-state index in [9.17, 15) is 18.0 Å². The topological polar surface area (TPSA) is 83.6 Å². The number of anilines is 2. The Morgan fingerprint density at radius 3 is 2.71 bits per heavy atom. The first-order valence-electron chi connectivity index (χ1n) is 6.82. The van der Waals surface area contributed by atoms with Gasteiger partial charge in [0.1, 0.15) is 6.04 Å². The molecule has 0 saturated carbocycles. The summed E-state index contributed by atoms with van der Waals surface area (Å²) in [6.07, 6.45) is 0.328. The van der Waals surface area contributed by atoms with Gasteiger partial charge in [0, 0.05) is 0 Å². The number of hydrogen-bond donors (Lipinski definition) is 1. The maximum absolute atomic E-state index is 12.7. The molecule has 1 saturated heterocycles. The second-order valence-electron chi connectivity index (χ2n) is 5.49. The Hall–Kier alpha value is -1.89. The van der Waals surface area contributed by atoms with Crippen LogP contribution in [0, 0.1) is 5.92 Å². The van der Waals surface area contributed by atoms with E-state index in [0.29, 0.717) is 17.8 Å². The standard InChI is InChI=1S/C14H16N2O4S/c1-9-13(17)15-11-4-2-3-5-12(11)16(9)14(18)10-6-7-21(19,20)8-10/h2-5,9-10H,6-8H2,1H3,(H,15,17)/t9-,10-/m1/s1. The van der Waals surface area contributed by atoms with Crippen LogP contribution in [0.15, 0.2) is 24.3 Å². The summed E-state index contributed by atoms with van der Waals surface area (Å²) in [7, 11) is -3.14. The summed E-state index contributed by atoms with van der Waals surface area (Å²) in [6, 6.07) is 6.40. The Bertz CT molecular complexity index is 713. The molecule has 7 heteroatoms. The van der Waals surface area contributed by atoms with Crippen molar-refractivity contribution in [3.05, 3.63) is 24.3 Å². The Morgan fingerprint density at radius 2 is 2.05 bits per heavy atom. The fourth-order valence-electron chi connectivity index (χ4n) is 2.85. The van der Waals surface area contributed by atoms with E-state index in [0.717, 1.165) is 0 Å². The quantitative estimate of drug-likeness (QED) is 0.831.